The van der Waals surface area contributed by atoms with Gasteiger partial charge in [0, 0.05) is 80.4 Å². The largest absolute Gasteiger partial charge is 0.264 e. The van der Waals surface area contributed by atoms with Gasteiger partial charge >= 0.3 is 0 Å². The Balaban J connectivity index is 0.000000189. The molecule has 0 amide bonds. The Bertz CT molecular complexity index is 3610. The summed E-state index contributed by atoms with van der Waals surface area (Å²) in [4.78, 5) is 17.8. The van der Waals surface area contributed by atoms with Crippen LogP contribution in [0.4, 0.5) is 0 Å². The molecule has 0 aliphatic rings. The zero-order valence-corrected chi connectivity index (χ0v) is 52.9. The molecular formula is C62H52Ir4N12-4. The maximum atomic E-state index is 4.65. The molecule has 0 aliphatic heterocycles. The fourth-order valence-electron chi connectivity index (χ4n) is 7.93. The molecule has 4 aromatic heterocycles. The third kappa shape index (κ3) is 15.6. The molecule has 12 nitrogen and oxygen atoms in total. The number of hydrogen-bond donors (Lipinski definition) is 0. The fourth-order valence-corrected chi connectivity index (χ4v) is 7.93. The van der Waals surface area contributed by atoms with Crippen LogP contribution in [-0.2, 0) is 80.4 Å². The van der Waals surface area contributed by atoms with Gasteiger partial charge < -0.3 is 0 Å². The van der Waals surface area contributed by atoms with Crippen LogP contribution in [-0.4, -0.2) is 59.1 Å². The molecule has 12 aromatic rings. The van der Waals surface area contributed by atoms with E-state index in [0.29, 0.717) is 23.3 Å². The first-order valence-corrected chi connectivity index (χ1v) is 24.0. The molecule has 0 N–H and O–H groups in total. The van der Waals surface area contributed by atoms with Crippen molar-refractivity contribution in [2.75, 3.05) is 0 Å². The maximum absolute atomic E-state index is 4.65. The van der Waals surface area contributed by atoms with E-state index in [0.717, 1.165) is 62.5 Å². The molecule has 0 bridgehead atoms. The molecule has 0 spiro atoms. The van der Waals surface area contributed by atoms with Gasteiger partial charge in [0.25, 0.3) is 0 Å². The summed E-state index contributed by atoms with van der Waals surface area (Å²) in [5.41, 5.74) is 11.4. The first kappa shape index (κ1) is 61.8. The Morgan fingerprint density at radius 3 is 1.15 bits per heavy atom. The van der Waals surface area contributed by atoms with Crippen molar-refractivity contribution in [1.82, 2.24) is 59.1 Å². The topological polar surface area (TPSA) is 123 Å². The van der Waals surface area contributed by atoms with Gasteiger partial charge in [0.05, 0.1) is 46.0 Å². The van der Waals surface area contributed by atoms with E-state index in [2.05, 4.69) is 116 Å². The van der Waals surface area contributed by atoms with Crippen molar-refractivity contribution in [3.63, 3.8) is 0 Å². The maximum Gasteiger partial charge on any atom is 0.118 e. The Kier molecular flexibility index (Phi) is 23.9. The predicted octanol–water partition coefficient (Wildman–Crippen LogP) is 12.8. The van der Waals surface area contributed by atoms with E-state index in [4.69, 9.17) is 0 Å². The van der Waals surface area contributed by atoms with Crippen LogP contribution in [0.25, 0.3) is 68.3 Å². The van der Waals surface area contributed by atoms with Gasteiger partial charge in [0.1, 0.15) is 23.8 Å². The van der Waals surface area contributed by atoms with Gasteiger partial charge in [-0.05, 0) is 88.6 Å². The summed E-state index contributed by atoms with van der Waals surface area (Å²) in [5, 5.41) is 18.2. The summed E-state index contributed by atoms with van der Waals surface area (Å²) in [6, 6.07) is 77.8. The Labute approximate surface area is 509 Å². The van der Waals surface area contributed by atoms with Crippen molar-refractivity contribution in [1.29, 1.82) is 0 Å². The van der Waals surface area contributed by atoms with Crippen molar-refractivity contribution in [3.05, 3.63) is 265 Å². The number of rotatable bonds is 8. The molecule has 4 heterocycles. The van der Waals surface area contributed by atoms with Crippen molar-refractivity contribution < 1.29 is 80.4 Å². The van der Waals surface area contributed by atoms with E-state index in [1.807, 2.05) is 205 Å². The third-order valence-corrected chi connectivity index (χ3v) is 11.6. The van der Waals surface area contributed by atoms with E-state index in [1.165, 1.54) is 16.7 Å². The molecule has 4 radical (unpaired) electrons. The molecule has 0 fully saturated rings. The van der Waals surface area contributed by atoms with E-state index >= 15 is 0 Å². The summed E-state index contributed by atoms with van der Waals surface area (Å²) in [6.45, 7) is 12.2. The Morgan fingerprint density at radius 1 is 0.321 bits per heavy atom. The van der Waals surface area contributed by atoms with Gasteiger partial charge in [-0.2, -0.15) is 20.4 Å². The second-order valence-electron chi connectivity index (χ2n) is 17.0. The number of aromatic nitrogens is 12. The molecule has 16 heteroatoms. The van der Waals surface area contributed by atoms with E-state index in [-0.39, 0.29) is 80.4 Å². The summed E-state index contributed by atoms with van der Waals surface area (Å²) < 4.78 is 7.40. The summed E-state index contributed by atoms with van der Waals surface area (Å²) in [5.74, 6) is 5.45. The van der Waals surface area contributed by atoms with Gasteiger partial charge in [-0.25, -0.2) is 18.7 Å². The number of benzene rings is 8. The van der Waals surface area contributed by atoms with Crippen LogP contribution < -0.4 is 0 Å². The smallest absolute Gasteiger partial charge is 0.118 e. The van der Waals surface area contributed by atoms with Crippen LogP contribution >= 0.6 is 0 Å². The number of para-hydroxylation sites is 4. The van der Waals surface area contributed by atoms with Gasteiger partial charge in [0.2, 0.25) is 0 Å². The average molecular weight is 1730 g/mol. The van der Waals surface area contributed by atoms with Crippen LogP contribution in [0.1, 0.15) is 34.2 Å². The summed E-state index contributed by atoms with van der Waals surface area (Å²) in [6.07, 6.45) is 1.71. The Morgan fingerprint density at radius 2 is 0.692 bits per heavy atom. The van der Waals surface area contributed by atoms with E-state index < -0.39 is 0 Å². The van der Waals surface area contributed by atoms with Crippen molar-refractivity contribution in [3.8, 4) is 68.3 Å². The van der Waals surface area contributed by atoms with Crippen LogP contribution in [0.2, 0.25) is 0 Å². The molecular weight excluding hydrogens is 1680 g/mol. The van der Waals surface area contributed by atoms with Crippen LogP contribution in [0.15, 0.2) is 207 Å². The molecule has 0 atom stereocenters. The normalized spacial score (nSPS) is 10.0. The van der Waals surface area contributed by atoms with Gasteiger partial charge in [-0.15, -0.1) is 144 Å². The minimum atomic E-state index is 0. The molecule has 0 saturated heterocycles. The van der Waals surface area contributed by atoms with Gasteiger partial charge in [-0.3, -0.25) is 19.9 Å². The van der Waals surface area contributed by atoms with Crippen LogP contribution in [0.3, 0.4) is 0 Å². The number of nitrogens with zero attached hydrogens (tertiary/aromatic N) is 12. The zero-order chi connectivity index (χ0) is 51.2. The molecule has 12 rings (SSSR count). The summed E-state index contributed by atoms with van der Waals surface area (Å²) >= 11 is 0. The van der Waals surface area contributed by atoms with E-state index in [1.54, 1.807) is 11.0 Å². The average Bonchev–Trinajstić information content (AvgIpc) is 4.31. The van der Waals surface area contributed by atoms with Crippen molar-refractivity contribution in [2.45, 2.75) is 41.5 Å². The second-order valence-corrected chi connectivity index (χ2v) is 17.0. The number of aryl methyl sites for hydroxylation is 6. The van der Waals surface area contributed by atoms with Crippen LogP contribution in [0, 0.1) is 65.8 Å². The quantitative estimate of drug-likeness (QED) is 0.138. The second kappa shape index (κ2) is 30.2. The molecule has 0 saturated carbocycles. The molecule has 0 unspecified atom stereocenters. The van der Waals surface area contributed by atoms with Crippen molar-refractivity contribution >= 4 is 0 Å². The van der Waals surface area contributed by atoms with Crippen molar-refractivity contribution in [2.24, 2.45) is 0 Å². The standard InChI is InChI=1S/C17H16N3.C16H14N3.C15H12N3.C14H10N3.4Ir/c1-12-8-7-9-13(2)16(12)20-14(3)18-17(19-20)15-10-5-4-6-11-15;1-12-8-6-7-11-15(12)19-13(2)17-16(18-19)14-9-4-3-5-10-14;1-12-16-15(13-8-4-2-5-9-13)17-18(12)14-10-6-3-7-11-14;1-3-7-12(8-4-1)14-15-11-17(16-14)13-9-5-2-6-10-13;;;;/h4-10H,1-3H3;3-9,11H,1-2H3;2-8,10-11H,1H3;1-7,9-11H;;;;/q4*-1;;;;. The van der Waals surface area contributed by atoms with Crippen LogP contribution in [0.5, 0.6) is 0 Å². The molecule has 8 aromatic carbocycles. The molecule has 78 heavy (non-hydrogen) atoms. The van der Waals surface area contributed by atoms with Gasteiger partial charge in [-0.1, -0.05) is 72.8 Å². The minimum Gasteiger partial charge on any atom is -0.264 e. The fraction of sp³-hybridized carbons (Fsp3) is 0.0968. The SMILES string of the molecule is Cc1cccc(C)c1-n1nc(-c2[c-]cccc2)nc1C.Cc1ccccc1-n1nc(-c2[c-]cccc2)nc1C.Cc1nc(-c2[c-]cccc2)nn1-c1ccccc1.[Ir].[Ir].[Ir].[Ir].[c-]1ccccc1-c1ncn(-c2ccccc2)n1. The first-order chi connectivity index (χ1) is 36.2. The first-order valence-electron chi connectivity index (χ1n) is 24.0. The zero-order valence-electron chi connectivity index (χ0n) is 43.3. The summed E-state index contributed by atoms with van der Waals surface area (Å²) in [7, 11) is 0. The molecule has 0 aliphatic carbocycles. The van der Waals surface area contributed by atoms with Gasteiger partial charge in [0.15, 0.2) is 0 Å². The molecule has 400 valence electrons. The number of hydrogen-bond acceptors (Lipinski definition) is 8. The minimum absolute atomic E-state index is 0. The monoisotopic (exact) mass is 1740 g/mol. The van der Waals surface area contributed by atoms with E-state index in [9.17, 15) is 0 Å². The third-order valence-electron chi connectivity index (χ3n) is 11.6. The Hall–Kier alpha value is -7.08. The predicted molar refractivity (Wildman–Crippen MR) is 291 cm³/mol.